The van der Waals surface area contributed by atoms with E-state index in [1.807, 2.05) is 0 Å². The fourth-order valence-electron chi connectivity index (χ4n) is 7.02. The fraction of sp³-hybridized carbons (Fsp3) is 0.696. The number of carbonyl (C=O) groups is 1. The van der Waals surface area contributed by atoms with Gasteiger partial charge in [0.2, 0.25) is 5.91 Å². The van der Waals surface area contributed by atoms with E-state index in [4.69, 9.17) is 0 Å². The van der Waals surface area contributed by atoms with Crippen molar-refractivity contribution in [1.82, 2.24) is 0 Å². The zero-order chi connectivity index (χ0) is 16.9. The van der Waals surface area contributed by atoms with Crippen molar-refractivity contribution in [3.05, 3.63) is 29.8 Å². The minimum Gasteiger partial charge on any atom is -0.325 e. The first-order valence-corrected chi connectivity index (χ1v) is 10.6. The van der Waals surface area contributed by atoms with Crippen LogP contribution in [-0.2, 0) is 4.79 Å². The normalized spacial score (nSPS) is 37.2. The molecule has 1 N–H and O–H groups in total. The van der Waals surface area contributed by atoms with E-state index in [0.29, 0.717) is 11.8 Å². The highest BCUT2D eigenvalue weighted by Crippen LogP contribution is 2.60. The molecular formula is C23H31NO. The molecule has 6 rings (SSSR count). The molecule has 5 aliphatic carbocycles. The summed E-state index contributed by atoms with van der Waals surface area (Å²) in [7, 11) is 0. The summed E-state index contributed by atoms with van der Waals surface area (Å²) in [5, 5.41) is 3.43. The van der Waals surface area contributed by atoms with E-state index < -0.39 is 0 Å². The van der Waals surface area contributed by atoms with Gasteiger partial charge >= 0.3 is 0 Å². The molecule has 25 heavy (non-hydrogen) atoms. The maximum absolute atomic E-state index is 13.4. The summed E-state index contributed by atoms with van der Waals surface area (Å²) < 4.78 is 0. The van der Waals surface area contributed by atoms with Crippen molar-refractivity contribution in [3.8, 4) is 0 Å². The molecule has 0 saturated heterocycles. The molecule has 5 saturated carbocycles. The van der Waals surface area contributed by atoms with Crippen molar-refractivity contribution in [2.24, 2.45) is 23.2 Å². The molecule has 4 bridgehead atoms. The van der Waals surface area contributed by atoms with Crippen molar-refractivity contribution in [2.75, 3.05) is 5.32 Å². The average Bonchev–Trinajstić information content (AvgIpc) is 2.62. The van der Waals surface area contributed by atoms with Gasteiger partial charge in [0.05, 0.1) is 5.41 Å². The van der Waals surface area contributed by atoms with Gasteiger partial charge in [-0.15, -0.1) is 0 Å². The van der Waals surface area contributed by atoms with Crippen LogP contribution < -0.4 is 5.32 Å². The monoisotopic (exact) mass is 337 g/mol. The Balaban J connectivity index is 1.38. The van der Waals surface area contributed by atoms with Crippen LogP contribution in [0.25, 0.3) is 0 Å². The van der Waals surface area contributed by atoms with Gasteiger partial charge in [-0.25, -0.2) is 0 Å². The van der Waals surface area contributed by atoms with Crippen molar-refractivity contribution >= 4 is 11.6 Å². The molecule has 5 aliphatic rings. The van der Waals surface area contributed by atoms with Crippen molar-refractivity contribution in [1.29, 1.82) is 0 Å². The predicted octanol–water partition coefficient (Wildman–Crippen LogP) is 5.89. The number of anilines is 1. The first-order valence-electron chi connectivity index (χ1n) is 10.6. The summed E-state index contributed by atoms with van der Waals surface area (Å²) >= 11 is 0. The van der Waals surface area contributed by atoms with Crippen LogP contribution in [0.3, 0.4) is 0 Å². The number of hydrogen-bond acceptors (Lipinski definition) is 1. The molecule has 2 heteroatoms. The molecule has 0 aromatic heterocycles. The van der Waals surface area contributed by atoms with Gasteiger partial charge in [0.25, 0.3) is 0 Å². The summed E-state index contributed by atoms with van der Waals surface area (Å²) in [6.45, 7) is 0. The van der Waals surface area contributed by atoms with E-state index >= 15 is 0 Å². The van der Waals surface area contributed by atoms with Gasteiger partial charge in [0, 0.05) is 5.69 Å². The summed E-state index contributed by atoms with van der Waals surface area (Å²) in [6.07, 6.45) is 14.2. The standard InChI is InChI=1S/C23H31NO/c25-22(23-13-16-10-17(14-23)12-18(11-16)15-23)24-21-9-5-4-8-20(21)19-6-2-1-3-7-19/h4-5,8-9,16-19H,1-3,6-7,10-15H2,(H,24,25). The number of amides is 1. The molecule has 0 atom stereocenters. The number of rotatable bonds is 3. The Hall–Kier alpha value is -1.31. The lowest BCUT2D eigenvalue weighted by atomic mass is 9.49. The van der Waals surface area contributed by atoms with Crippen LogP contribution in [0.15, 0.2) is 24.3 Å². The van der Waals surface area contributed by atoms with Gasteiger partial charge in [-0.3, -0.25) is 4.79 Å². The van der Waals surface area contributed by atoms with E-state index in [0.717, 1.165) is 42.7 Å². The van der Waals surface area contributed by atoms with Gasteiger partial charge in [0.1, 0.15) is 0 Å². The largest absolute Gasteiger partial charge is 0.325 e. The molecule has 1 amide bonds. The third kappa shape index (κ3) is 2.82. The summed E-state index contributed by atoms with van der Waals surface area (Å²) in [6, 6.07) is 8.62. The fourth-order valence-corrected chi connectivity index (χ4v) is 7.02. The van der Waals surface area contributed by atoms with E-state index in [9.17, 15) is 4.79 Å². The second kappa shape index (κ2) is 6.14. The molecule has 134 valence electrons. The molecule has 2 nitrogen and oxygen atoms in total. The van der Waals surface area contributed by atoms with Gasteiger partial charge in [-0.05, 0) is 86.7 Å². The molecule has 0 aliphatic heterocycles. The van der Waals surface area contributed by atoms with Crippen molar-refractivity contribution in [2.45, 2.75) is 76.5 Å². The predicted molar refractivity (Wildman–Crippen MR) is 102 cm³/mol. The average molecular weight is 338 g/mol. The Kier molecular flexibility index (Phi) is 3.91. The van der Waals surface area contributed by atoms with Gasteiger partial charge in [0.15, 0.2) is 0 Å². The van der Waals surface area contributed by atoms with Crippen LogP contribution in [0.5, 0.6) is 0 Å². The Morgan fingerprint density at radius 2 is 1.48 bits per heavy atom. The lowest BCUT2D eigenvalue weighted by Gasteiger charge is -2.55. The second-order valence-electron chi connectivity index (χ2n) is 9.57. The molecule has 1 aromatic carbocycles. The van der Waals surface area contributed by atoms with Crippen LogP contribution in [0.2, 0.25) is 0 Å². The molecule has 1 aromatic rings. The third-order valence-corrected chi connectivity index (χ3v) is 7.77. The highest BCUT2D eigenvalue weighted by molar-refractivity contribution is 5.96. The Bertz CT molecular complexity index is 623. The van der Waals surface area contributed by atoms with Gasteiger partial charge in [-0.2, -0.15) is 0 Å². The number of carbonyl (C=O) groups excluding carboxylic acids is 1. The molecule has 0 radical (unpaired) electrons. The summed E-state index contributed by atoms with van der Waals surface area (Å²) in [5.74, 6) is 3.46. The topological polar surface area (TPSA) is 29.1 Å². The lowest BCUT2D eigenvalue weighted by Crippen LogP contribution is -2.51. The number of hydrogen-bond donors (Lipinski definition) is 1. The number of nitrogens with one attached hydrogen (secondary N) is 1. The Morgan fingerprint density at radius 1 is 0.880 bits per heavy atom. The zero-order valence-electron chi connectivity index (χ0n) is 15.3. The zero-order valence-corrected chi connectivity index (χ0v) is 15.3. The van der Waals surface area contributed by atoms with Crippen LogP contribution >= 0.6 is 0 Å². The van der Waals surface area contributed by atoms with E-state index in [2.05, 4.69) is 29.6 Å². The van der Waals surface area contributed by atoms with E-state index in [1.54, 1.807) is 0 Å². The van der Waals surface area contributed by atoms with Crippen LogP contribution in [0.1, 0.15) is 82.1 Å². The van der Waals surface area contributed by atoms with Gasteiger partial charge < -0.3 is 5.32 Å². The minimum absolute atomic E-state index is 0.0472. The van der Waals surface area contributed by atoms with E-state index in [1.165, 1.54) is 56.9 Å². The maximum Gasteiger partial charge on any atom is 0.230 e. The van der Waals surface area contributed by atoms with Crippen LogP contribution in [0, 0.1) is 23.2 Å². The quantitative estimate of drug-likeness (QED) is 0.732. The van der Waals surface area contributed by atoms with Crippen LogP contribution in [-0.4, -0.2) is 5.91 Å². The molecule has 5 fully saturated rings. The minimum atomic E-state index is -0.0472. The smallest absolute Gasteiger partial charge is 0.230 e. The molecule has 0 unspecified atom stereocenters. The van der Waals surface area contributed by atoms with Crippen molar-refractivity contribution in [3.63, 3.8) is 0 Å². The number of benzene rings is 1. The van der Waals surface area contributed by atoms with Gasteiger partial charge in [-0.1, -0.05) is 37.5 Å². The van der Waals surface area contributed by atoms with E-state index in [-0.39, 0.29) is 5.41 Å². The second-order valence-corrected chi connectivity index (χ2v) is 9.57. The highest BCUT2D eigenvalue weighted by Gasteiger charge is 2.54. The summed E-state index contributed by atoms with van der Waals surface area (Å²) in [5.41, 5.74) is 2.45. The lowest BCUT2D eigenvalue weighted by molar-refractivity contribution is -0.140. The molecular weight excluding hydrogens is 306 g/mol. The Morgan fingerprint density at radius 3 is 2.12 bits per heavy atom. The SMILES string of the molecule is O=C(Nc1ccccc1C1CCCCC1)C12CC3CC(CC(C3)C1)C2. The number of para-hydroxylation sites is 1. The first-order chi connectivity index (χ1) is 12.2. The molecule has 0 spiro atoms. The first kappa shape index (κ1) is 15.9. The maximum atomic E-state index is 13.4. The third-order valence-electron chi connectivity index (χ3n) is 7.77. The Labute approximate surface area is 151 Å². The van der Waals surface area contributed by atoms with Crippen molar-refractivity contribution < 1.29 is 4.79 Å². The summed E-state index contributed by atoms with van der Waals surface area (Å²) in [4.78, 5) is 13.4. The molecule has 0 heterocycles. The highest BCUT2D eigenvalue weighted by atomic mass is 16.2. The van der Waals surface area contributed by atoms with Crippen LogP contribution in [0.4, 0.5) is 5.69 Å².